The molecule has 1 unspecified atom stereocenters. The van der Waals surface area contributed by atoms with Crippen LogP contribution in [0.15, 0.2) is 54.6 Å². The molecule has 0 aliphatic heterocycles. The van der Waals surface area contributed by atoms with Gasteiger partial charge in [-0.15, -0.1) is 0 Å². The number of benzene rings is 2. The predicted molar refractivity (Wildman–Crippen MR) is 82.2 cm³/mol. The molecule has 112 valence electrons. The Morgan fingerprint density at radius 2 is 1.90 bits per heavy atom. The van der Waals surface area contributed by atoms with Gasteiger partial charge in [0, 0.05) is 5.02 Å². The van der Waals surface area contributed by atoms with E-state index in [-0.39, 0.29) is 13.2 Å². The van der Waals surface area contributed by atoms with Gasteiger partial charge in [0.2, 0.25) is 0 Å². The van der Waals surface area contributed by atoms with Gasteiger partial charge in [-0.2, -0.15) is 5.48 Å². The third-order valence-corrected chi connectivity index (χ3v) is 2.98. The van der Waals surface area contributed by atoms with Crippen molar-refractivity contribution in [3.8, 4) is 5.75 Å². The van der Waals surface area contributed by atoms with Gasteiger partial charge in [0.25, 0.3) is 0 Å². The number of hydrogen-bond donors (Lipinski definition) is 2. The molecule has 2 N–H and O–H groups in total. The summed E-state index contributed by atoms with van der Waals surface area (Å²) in [7, 11) is 0. The molecule has 0 spiro atoms. The third kappa shape index (κ3) is 6.14. The summed E-state index contributed by atoms with van der Waals surface area (Å²) in [6, 6.07) is 16.9. The molecule has 1 atom stereocenters. The number of aliphatic hydroxyl groups is 1. The van der Waals surface area contributed by atoms with Crippen LogP contribution in [0.25, 0.3) is 0 Å². The molecule has 4 nitrogen and oxygen atoms in total. The van der Waals surface area contributed by atoms with Gasteiger partial charge in [-0.1, -0.05) is 48.0 Å². The van der Waals surface area contributed by atoms with E-state index in [1.165, 1.54) is 0 Å². The molecule has 0 bridgehead atoms. The minimum Gasteiger partial charge on any atom is -0.491 e. The Hall–Kier alpha value is -1.59. The molecule has 0 heterocycles. The predicted octanol–water partition coefficient (Wildman–Crippen LogP) is 2.80. The van der Waals surface area contributed by atoms with E-state index in [1.54, 1.807) is 24.3 Å². The average Bonchev–Trinajstić information content (AvgIpc) is 2.51. The Morgan fingerprint density at radius 1 is 1.10 bits per heavy atom. The first-order valence-electron chi connectivity index (χ1n) is 6.69. The second kappa shape index (κ2) is 8.64. The highest BCUT2D eigenvalue weighted by molar-refractivity contribution is 6.30. The van der Waals surface area contributed by atoms with Crippen LogP contribution in [-0.2, 0) is 11.4 Å². The van der Waals surface area contributed by atoms with Crippen LogP contribution in [-0.4, -0.2) is 24.4 Å². The number of nitrogens with one attached hydrogen (secondary N) is 1. The molecule has 5 heteroatoms. The number of hydrogen-bond acceptors (Lipinski definition) is 4. The fourth-order valence-electron chi connectivity index (χ4n) is 1.67. The Kier molecular flexibility index (Phi) is 6.50. The van der Waals surface area contributed by atoms with Gasteiger partial charge in [0.05, 0.1) is 13.2 Å². The summed E-state index contributed by atoms with van der Waals surface area (Å²) in [5.41, 5.74) is 3.79. The van der Waals surface area contributed by atoms with Gasteiger partial charge in [-0.3, -0.25) is 4.84 Å². The Bertz CT molecular complexity index is 536. The Balaban J connectivity index is 1.60. The smallest absolute Gasteiger partial charge is 0.120 e. The van der Waals surface area contributed by atoms with E-state index in [2.05, 4.69) is 5.48 Å². The van der Waals surface area contributed by atoms with E-state index >= 15 is 0 Å². The molecule has 0 aliphatic carbocycles. The van der Waals surface area contributed by atoms with Crippen molar-refractivity contribution in [3.05, 3.63) is 65.2 Å². The van der Waals surface area contributed by atoms with Gasteiger partial charge >= 0.3 is 0 Å². The highest BCUT2D eigenvalue weighted by Crippen LogP contribution is 2.17. The largest absolute Gasteiger partial charge is 0.491 e. The van der Waals surface area contributed by atoms with Crippen LogP contribution in [0.1, 0.15) is 5.56 Å². The Labute approximate surface area is 129 Å². The maximum absolute atomic E-state index is 9.78. The quantitative estimate of drug-likeness (QED) is 0.581. The van der Waals surface area contributed by atoms with E-state index in [4.69, 9.17) is 21.2 Å². The highest BCUT2D eigenvalue weighted by atomic mass is 35.5. The van der Waals surface area contributed by atoms with Gasteiger partial charge < -0.3 is 9.84 Å². The van der Waals surface area contributed by atoms with Crippen LogP contribution in [0.4, 0.5) is 0 Å². The van der Waals surface area contributed by atoms with Crippen molar-refractivity contribution in [2.24, 2.45) is 0 Å². The molecular formula is C16H18ClNO3. The summed E-state index contributed by atoms with van der Waals surface area (Å²) in [6.45, 7) is 0.901. The van der Waals surface area contributed by atoms with E-state index in [0.717, 1.165) is 5.56 Å². The molecule has 0 amide bonds. The molecule has 0 saturated heterocycles. The standard InChI is InChI=1S/C16H18ClNO3/c17-14-7-4-8-16(9-14)20-12-15(19)10-18-21-11-13-5-2-1-3-6-13/h1-9,15,18-19H,10-12H2. The number of aliphatic hydroxyl groups excluding tert-OH is 1. The van der Waals surface area contributed by atoms with Crippen molar-refractivity contribution in [1.82, 2.24) is 5.48 Å². The molecular weight excluding hydrogens is 290 g/mol. The van der Waals surface area contributed by atoms with E-state index in [0.29, 0.717) is 17.4 Å². The van der Waals surface area contributed by atoms with Crippen molar-refractivity contribution >= 4 is 11.6 Å². The SMILES string of the molecule is OC(CNOCc1ccccc1)COc1cccc(Cl)c1. The maximum atomic E-state index is 9.78. The molecule has 0 radical (unpaired) electrons. The molecule has 0 aliphatic rings. The zero-order valence-electron chi connectivity index (χ0n) is 11.5. The minimum atomic E-state index is -0.667. The lowest BCUT2D eigenvalue weighted by Gasteiger charge is -2.13. The molecule has 0 saturated carbocycles. The topological polar surface area (TPSA) is 50.7 Å². The van der Waals surface area contributed by atoms with Crippen molar-refractivity contribution in [2.75, 3.05) is 13.2 Å². The number of hydroxylamine groups is 1. The van der Waals surface area contributed by atoms with Crippen molar-refractivity contribution in [3.63, 3.8) is 0 Å². The van der Waals surface area contributed by atoms with Crippen molar-refractivity contribution in [2.45, 2.75) is 12.7 Å². The molecule has 0 aromatic heterocycles. The molecule has 0 fully saturated rings. The Morgan fingerprint density at radius 3 is 2.67 bits per heavy atom. The van der Waals surface area contributed by atoms with E-state index < -0.39 is 6.10 Å². The first kappa shape index (κ1) is 15.8. The first-order valence-corrected chi connectivity index (χ1v) is 7.07. The van der Waals surface area contributed by atoms with Crippen LogP contribution in [0, 0.1) is 0 Å². The summed E-state index contributed by atoms with van der Waals surface area (Å²) < 4.78 is 5.43. The van der Waals surface area contributed by atoms with Gasteiger partial charge in [-0.25, -0.2) is 0 Å². The van der Waals surface area contributed by atoms with Gasteiger partial charge in [-0.05, 0) is 23.8 Å². The van der Waals surface area contributed by atoms with Crippen LogP contribution in [0.3, 0.4) is 0 Å². The van der Waals surface area contributed by atoms with Gasteiger partial charge in [0.15, 0.2) is 0 Å². The molecule has 21 heavy (non-hydrogen) atoms. The van der Waals surface area contributed by atoms with Crippen LogP contribution in [0.5, 0.6) is 5.75 Å². The lowest BCUT2D eigenvalue weighted by Crippen LogP contribution is -2.31. The zero-order chi connectivity index (χ0) is 14.9. The second-order valence-electron chi connectivity index (χ2n) is 4.54. The molecule has 2 aromatic carbocycles. The normalized spacial score (nSPS) is 12.1. The minimum absolute atomic E-state index is 0.169. The highest BCUT2D eigenvalue weighted by Gasteiger charge is 2.05. The second-order valence-corrected chi connectivity index (χ2v) is 4.98. The molecule has 2 aromatic rings. The fourth-order valence-corrected chi connectivity index (χ4v) is 1.85. The lowest BCUT2D eigenvalue weighted by atomic mass is 10.2. The fraction of sp³-hybridized carbons (Fsp3) is 0.250. The van der Waals surface area contributed by atoms with E-state index in [1.807, 2.05) is 30.3 Å². The van der Waals surface area contributed by atoms with Crippen LogP contribution < -0.4 is 10.2 Å². The third-order valence-electron chi connectivity index (χ3n) is 2.74. The summed E-state index contributed by atoms with van der Waals surface area (Å²) in [6.07, 6.45) is -0.667. The summed E-state index contributed by atoms with van der Waals surface area (Å²) in [4.78, 5) is 5.27. The van der Waals surface area contributed by atoms with E-state index in [9.17, 15) is 5.11 Å². The monoisotopic (exact) mass is 307 g/mol. The maximum Gasteiger partial charge on any atom is 0.120 e. The summed E-state index contributed by atoms with van der Waals surface area (Å²) >= 11 is 5.85. The first-order chi connectivity index (χ1) is 10.2. The van der Waals surface area contributed by atoms with Crippen LogP contribution >= 0.6 is 11.6 Å². The van der Waals surface area contributed by atoms with Crippen molar-refractivity contribution in [1.29, 1.82) is 0 Å². The average molecular weight is 308 g/mol. The number of rotatable bonds is 8. The zero-order valence-corrected chi connectivity index (χ0v) is 12.3. The molecule has 2 rings (SSSR count). The van der Waals surface area contributed by atoms with Crippen molar-refractivity contribution < 1.29 is 14.7 Å². The van der Waals surface area contributed by atoms with Crippen LogP contribution in [0.2, 0.25) is 5.02 Å². The van der Waals surface area contributed by atoms with Gasteiger partial charge in [0.1, 0.15) is 18.5 Å². The number of ether oxygens (including phenoxy) is 1. The number of halogens is 1. The summed E-state index contributed by atoms with van der Waals surface area (Å²) in [5, 5.41) is 10.4. The lowest BCUT2D eigenvalue weighted by molar-refractivity contribution is -0.00596. The summed E-state index contributed by atoms with van der Waals surface area (Å²) in [5.74, 6) is 0.631.